The van der Waals surface area contributed by atoms with Crippen molar-refractivity contribution in [3.8, 4) is 27.3 Å². The summed E-state index contributed by atoms with van der Waals surface area (Å²) in [5.41, 5.74) is 3.37. The molecule has 0 aliphatic carbocycles. The molecule has 6 nitrogen and oxygen atoms in total. The maximum Gasteiger partial charge on any atom is 0.305 e. The van der Waals surface area contributed by atoms with Gasteiger partial charge in [-0.1, -0.05) is 48.9 Å². The molecule has 33 heavy (non-hydrogen) atoms. The SMILES string of the molecule is COC(=O)CCCCCNc1ncnc2sc(-c3ccccc3)c(-c3ccc(OC)cc3)c12. The van der Waals surface area contributed by atoms with Crippen LogP contribution in [0.25, 0.3) is 31.8 Å². The Morgan fingerprint density at radius 2 is 1.73 bits per heavy atom. The predicted octanol–water partition coefficient (Wildman–Crippen LogP) is 6.18. The van der Waals surface area contributed by atoms with E-state index < -0.39 is 0 Å². The van der Waals surface area contributed by atoms with E-state index in [0.29, 0.717) is 6.42 Å². The summed E-state index contributed by atoms with van der Waals surface area (Å²) < 4.78 is 10.1. The molecule has 0 unspecified atom stereocenters. The minimum atomic E-state index is -0.156. The van der Waals surface area contributed by atoms with Gasteiger partial charge in [0.2, 0.25) is 0 Å². The fourth-order valence-electron chi connectivity index (χ4n) is 3.77. The zero-order valence-corrected chi connectivity index (χ0v) is 19.7. The molecule has 0 atom stereocenters. The topological polar surface area (TPSA) is 73.3 Å². The Balaban J connectivity index is 1.66. The van der Waals surface area contributed by atoms with Gasteiger partial charge in [-0.3, -0.25) is 4.79 Å². The number of aromatic nitrogens is 2. The van der Waals surface area contributed by atoms with Gasteiger partial charge in [0, 0.05) is 23.4 Å². The van der Waals surface area contributed by atoms with Crippen LogP contribution in [-0.4, -0.2) is 36.7 Å². The number of carbonyl (C=O) groups excluding carboxylic acids is 1. The van der Waals surface area contributed by atoms with Gasteiger partial charge in [0.1, 0.15) is 22.7 Å². The summed E-state index contributed by atoms with van der Waals surface area (Å²) >= 11 is 1.68. The van der Waals surface area contributed by atoms with E-state index in [1.165, 1.54) is 7.11 Å². The van der Waals surface area contributed by atoms with Gasteiger partial charge in [-0.25, -0.2) is 9.97 Å². The lowest BCUT2D eigenvalue weighted by Crippen LogP contribution is -2.05. The van der Waals surface area contributed by atoms with Crippen molar-refractivity contribution in [3.63, 3.8) is 0 Å². The quantitative estimate of drug-likeness (QED) is 0.225. The Hall–Kier alpha value is -3.45. The van der Waals surface area contributed by atoms with Crippen molar-refractivity contribution in [2.24, 2.45) is 0 Å². The third-order valence-electron chi connectivity index (χ3n) is 5.48. The molecule has 0 aliphatic rings. The third kappa shape index (κ3) is 5.31. The van der Waals surface area contributed by atoms with Crippen molar-refractivity contribution in [1.29, 1.82) is 0 Å². The zero-order chi connectivity index (χ0) is 23.0. The van der Waals surface area contributed by atoms with E-state index in [1.807, 2.05) is 18.2 Å². The maximum atomic E-state index is 11.3. The number of thiophene rings is 1. The Kier molecular flexibility index (Phi) is 7.52. The number of nitrogens with zero attached hydrogens (tertiary/aromatic N) is 2. The number of anilines is 1. The number of rotatable bonds is 10. The van der Waals surface area contributed by atoms with E-state index in [9.17, 15) is 4.79 Å². The van der Waals surface area contributed by atoms with Crippen molar-refractivity contribution >= 4 is 33.3 Å². The second-order valence-corrected chi connectivity index (χ2v) is 8.62. The summed E-state index contributed by atoms with van der Waals surface area (Å²) in [6.45, 7) is 0.770. The number of carbonyl (C=O) groups is 1. The van der Waals surface area contributed by atoms with Crippen LogP contribution in [0.15, 0.2) is 60.9 Å². The first-order valence-electron chi connectivity index (χ1n) is 11.0. The van der Waals surface area contributed by atoms with Gasteiger partial charge < -0.3 is 14.8 Å². The van der Waals surface area contributed by atoms with Gasteiger partial charge in [0.25, 0.3) is 0 Å². The summed E-state index contributed by atoms with van der Waals surface area (Å²) in [5, 5.41) is 4.53. The molecule has 0 bridgehead atoms. The summed E-state index contributed by atoms with van der Waals surface area (Å²) in [5.74, 6) is 1.50. The molecule has 2 aromatic carbocycles. The second kappa shape index (κ2) is 10.9. The van der Waals surface area contributed by atoms with Crippen molar-refractivity contribution < 1.29 is 14.3 Å². The number of ether oxygens (including phenoxy) is 2. The number of hydrogen-bond donors (Lipinski definition) is 1. The smallest absolute Gasteiger partial charge is 0.305 e. The molecule has 170 valence electrons. The Morgan fingerprint density at radius 3 is 2.45 bits per heavy atom. The average Bonchev–Trinajstić information content (AvgIpc) is 3.27. The number of unbranched alkanes of at least 4 members (excludes halogenated alkanes) is 2. The lowest BCUT2D eigenvalue weighted by molar-refractivity contribution is -0.140. The summed E-state index contributed by atoms with van der Waals surface area (Å²) in [4.78, 5) is 22.6. The monoisotopic (exact) mass is 461 g/mol. The Bertz CT molecular complexity index is 1210. The number of hydrogen-bond acceptors (Lipinski definition) is 7. The van der Waals surface area contributed by atoms with Crippen LogP contribution in [-0.2, 0) is 9.53 Å². The minimum absolute atomic E-state index is 0.156. The van der Waals surface area contributed by atoms with E-state index >= 15 is 0 Å². The number of benzene rings is 2. The molecule has 0 saturated heterocycles. The van der Waals surface area contributed by atoms with E-state index in [2.05, 4.69) is 51.7 Å². The van der Waals surface area contributed by atoms with Crippen LogP contribution in [0.3, 0.4) is 0 Å². The Labute approximate surface area is 197 Å². The van der Waals surface area contributed by atoms with Crippen LogP contribution in [0.5, 0.6) is 5.75 Å². The first kappa shape index (κ1) is 22.7. The van der Waals surface area contributed by atoms with Gasteiger partial charge in [0.05, 0.1) is 19.6 Å². The molecular formula is C26H27N3O3S. The highest BCUT2D eigenvalue weighted by Crippen LogP contribution is 2.46. The van der Waals surface area contributed by atoms with E-state index in [-0.39, 0.29) is 5.97 Å². The largest absolute Gasteiger partial charge is 0.497 e. The fraction of sp³-hybridized carbons (Fsp3) is 0.269. The first-order valence-corrected chi connectivity index (χ1v) is 11.8. The van der Waals surface area contributed by atoms with Crippen LogP contribution in [0, 0.1) is 0 Å². The first-order chi connectivity index (χ1) is 16.2. The molecule has 2 aromatic heterocycles. The highest BCUT2D eigenvalue weighted by Gasteiger charge is 2.20. The summed E-state index contributed by atoms with van der Waals surface area (Å²) in [7, 11) is 3.10. The van der Waals surface area contributed by atoms with Gasteiger partial charge in [-0.15, -0.1) is 11.3 Å². The third-order valence-corrected chi connectivity index (χ3v) is 6.63. The van der Waals surface area contributed by atoms with E-state index in [1.54, 1.807) is 24.8 Å². The molecule has 0 fully saturated rings. The number of fused-ring (bicyclic) bond motifs is 1. The summed E-state index contributed by atoms with van der Waals surface area (Å²) in [6.07, 6.45) is 4.78. The Morgan fingerprint density at radius 1 is 0.939 bits per heavy atom. The van der Waals surface area contributed by atoms with Crippen molar-refractivity contribution in [3.05, 3.63) is 60.9 Å². The van der Waals surface area contributed by atoms with Crippen LogP contribution in [0.2, 0.25) is 0 Å². The lowest BCUT2D eigenvalue weighted by Gasteiger charge is -2.10. The molecular weight excluding hydrogens is 434 g/mol. The van der Waals surface area contributed by atoms with Crippen LogP contribution in [0.4, 0.5) is 5.82 Å². The highest BCUT2D eigenvalue weighted by molar-refractivity contribution is 7.22. The van der Waals surface area contributed by atoms with Crippen molar-refractivity contribution in [2.75, 3.05) is 26.1 Å². The molecule has 0 aliphatic heterocycles. The number of nitrogens with one attached hydrogen (secondary N) is 1. The second-order valence-electron chi connectivity index (χ2n) is 7.62. The van der Waals surface area contributed by atoms with Gasteiger partial charge in [0.15, 0.2) is 0 Å². The molecule has 4 rings (SSSR count). The zero-order valence-electron chi connectivity index (χ0n) is 18.8. The average molecular weight is 462 g/mol. The normalized spacial score (nSPS) is 10.8. The fourth-order valence-corrected chi connectivity index (χ4v) is 4.94. The molecule has 2 heterocycles. The van der Waals surface area contributed by atoms with Crippen molar-refractivity contribution in [2.45, 2.75) is 25.7 Å². The van der Waals surface area contributed by atoms with Gasteiger partial charge in [-0.2, -0.15) is 0 Å². The number of methoxy groups -OCH3 is 2. The predicted molar refractivity (Wildman–Crippen MR) is 134 cm³/mol. The molecule has 1 N–H and O–H groups in total. The van der Waals surface area contributed by atoms with Gasteiger partial charge in [-0.05, 0) is 36.1 Å². The van der Waals surface area contributed by atoms with Crippen LogP contribution >= 0.6 is 11.3 Å². The maximum absolute atomic E-state index is 11.3. The molecule has 0 saturated carbocycles. The molecule has 0 radical (unpaired) electrons. The molecule has 4 aromatic rings. The molecule has 0 amide bonds. The van der Waals surface area contributed by atoms with Crippen molar-refractivity contribution in [1.82, 2.24) is 9.97 Å². The van der Waals surface area contributed by atoms with E-state index in [0.717, 1.165) is 69.2 Å². The summed E-state index contributed by atoms with van der Waals surface area (Å²) in [6, 6.07) is 18.5. The van der Waals surface area contributed by atoms with Crippen LogP contribution in [0.1, 0.15) is 25.7 Å². The van der Waals surface area contributed by atoms with Gasteiger partial charge >= 0.3 is 5.97 Å². The highest BCUT2D eigenvalue weighted by atomic mass is 32.1. The van der Waals surface area contributed by atoms with E-state index in [4.69, 9.17) is 9.47 Å². The molecule has 7 heteroatoms. The van der Waals surface area contributed by atoms with Crippen LogP contribution < -0.4 is 10.1 Å². The lowest BCUT2D eigenvalue weighted by atomic mass is 9.99. The molecule has 0 spiro atoms. The number of esters is 1. The minimum Gasteiger partial charge on any atom is -0.497 e. The standard InChI is InChI=1S/C26H27N3O3S/c1-31-20-14-12-18(13-15-20)22-23-25(27-16-8-4-7-11-21(30)32-2)28-17-29-26(23)33-24(22)19-9-5-3-6-10-19/h3,5-6,9-10,12-15,17H,4,7-8,11,16H2,1-2H3,(H,27,28,29).